The Morgan fingerprint density at radius 3 is 2.43 bits per heavy atom. The van der Waals surface area contributed by atoms with Crippen LogP contribution in [0.5, 0.6) is 0 Å². The molecule has 4 rings (SSSR count). The summed E-state index contributed by atoms with van der Waals surface area (Å²) in [5.41, 5.74) is 2.67. The summed E-state index contributed by atoms with van der Waals surface area (Å²) in [4.78, 5) is 15.8. The van der Waals surface area contributed by atoms with Crippen LogP contribution >= 0.6 is 0 Å². The van der Waals surface area contributed by atoms with E-state index in [0.29, 0.717) is 22.0 Å². The van der Waals surface area contributed by atoms with Gasteiger partial charge in [-0.25, -0.2) is 13.2 Å². The standard InChI is InChI=1S/C22H15F3N2O/c23-15-7-9-19-16(11-15)20(14-4-2-1-3-5-14)21(27-19)22(28)26-12-13-6-8-17(24)18(25)10-13/h1-11,27H,12H2,(H,26,28). The lowest BCUT2D eigenvalue weighted by molar-refractivity contribution is 0.0947. The first-order valence-corrected chi connectivity index (χ1v) is 8.61. The van der Waals surface area contributed by atoms with Crippen LogP contribution in [-0.2, 0) is 6.54 Å². The van der Waals surface area contributed by atoms with Gasteiger partial charge in [0.25, 0.3) is 5.91 Å². The second-order valence-electron chi connectivity index (χ2n) is 6.36. The molecule has 1 amide bonds. The zero-order valence-corrected chi connectivity index (χ0v) is 14.6. The Kier molecular flexibility index (Phi) is 4.61. The van der Waals surface area contributed by atoms with E-state index in [1.165, 1.54) is 18.2 Å². The summed E-state index contributed by atoms with van der Waals surface area (Å²) in [6.07, 6.45) is 0. The summed E-state index contributed by atoms with van der Waals surface area (Å²) >= 11 is 0. The highest BCUT2D eigenvalue weighted by molar-refractivity contribution is 6.09. The number of halogens is 3. The fourth-order valence-electron chi connectivity index (χ4n) is 3.16. The summed E-state index contributed by atoms with van der Waals surface area (Å²) in [6, 6.07) is 16.9. The molecular formula is C22H15F3N2O. The molecule has 0 aliphatic carbocycles. The Morgan fingerprint density at radius 2 is 1.68 bits per heavy atom. The van der Waals surface area contributed by atoms with Gasteiger partial charge in [0.1, 0.15) is 11.5 Å². The molecule has 28 heavy (non-hydrogen) atoms. The molecule has 0 aliphatic rings. The Morgan fingerprint density at radius 1 is 0.893 bits per heavy atom. The highest BCUT2D eigenvalue weighted by Crippen LogP contribution is 2.33. The molecule has 0 radical (unpaired) electrons. The molecule has 3 nitrogen and oxygen atoms in total. The first-order chi connectivity index (χ1) is 13.5. The van der Waals surface area contributed by atoms with Crippen LogP contribution in [0.4, 0.5) is 13.2 Å². The summed E-state index contributed by atoms with van der Waals surface area (Å²) < 4.78 is 40.2. The van der Waals surface area contributed by atoms with Crippen LogP contribution < -0.4 is 5.32 Å². The monoisotopic (exact) mass is 380 g/mol. The van der Waals surface area contributed by atoms with Gasteiger partial charge >= 0.3 is 0 Å². The van der Waals surface area contributed by atoms with Crippen LogP contribution in [0.3, 0.4) is 0 Å². The van der Waals surface area contributed by atoms with Crippen LogP contribution in [0.15, 0.2) is 66.7 Å². The summed E-state index contributed by atoms with van der Waals surface area (Å²) in [6.45, 7) is 0.0218. The molecule has 0 aliphatic heterocycles. The number of nitrogens with one attached hydrogen (secondary N) is 2. The minimum atomic E-state index is -0.974. The number of aromatic amines is 1. The number of hydrogen-bond donors (Lipinski definition) is 2. The van der Waals surface area contributed by atoms with Crippen molar-refractivity contribution in [2.45, 2.75) is 6.54 Å². The number of carbonyl (C=O) groups is 1. The van der Waals surface area contributed by atoms with Gasteiger partial charge in [-0.15, -0.1) is 0 Å². The van der Waals surface area contributed by atoms with Gasteiger partial charge in [0.05, 0.1) is 0 Å². The van der Waals surface area contributed by atoms with Crippen LogP contribution in [-0.4, -0.2) is 10.9 Å². The van der Waals surface area contributed by atoms with Crippen molar-refractivity contribution < 1.29 is 18.0 Å². The molecule has 140 valence electrons. The average Bonchev–Trinajstić information content (AvgIpc) is 3.08. The number of H-pyrrole nitrogens is 1. The molecule has 0 spiro atoms. The van der Waals surface area contributed by atoms with E-state index in [4.69, 9.17) is 0 Å². The maximum atomic E-state index is 13.8. The normalized spacial score (nSPS) is 11.0. The van der Waals surface area contributed by atoms with Crippen LogP contribution in [0, 0.1) is 17.5 Å². The number of hydrogen-bond acceptors (Lipinski definition) is 1. The lowest BCUT2D eigenvalue weighted by Gasteiger charge is -2.08. The molecule has 6 heteroatoms. The van der Waals surface area contributed by atoms with E-state index in [1.807, 2.05) is 30.3 Å². The third-order valence-corrected chi connectivity index (χ3v) is 4.49. The predicted octanol–water partition coefficient (Wildman–Crippen LogP) is 5.18. The predicted molar refractivity (Wildman–Crippen MR) is 101 cm³/mol. The third kappa shape index (κ3) is 3.36. The Hall–Kier alpha value is -3.54. The molecule has 1 aromatic heterocycles. The van der Waals surface area contributed by atoms with Crippen LogP contribution in [0.2, 0.25) is 0 Å². The maximum Gasteiger partial charge on any atom is 0.268 e. The minimum absolute atomic E-state index is 0.0218. The highest BCUT2D eigenvalue weighted by Gasteiger charge is 2.19. The molecular weight excluding hydrogens is 365 g/mol. The summed E-state index contributed by atoms with van der Waals surface area (Å²) in [5.74, 6) is -2.76. The number of carbonyl (C=O) groups excluding carboxylic acids is 1. The Labute approximate surface area is 158 Å². The van der Waals surface area contributed by atoms with Crippen molar-refractivity contribution in [2.24, 2.45) is 0 Å². The third-order valence-electron chi connectivity index (χ3n) is 4.49. The fraction of sp³-hybridized carbons (Fsp3) is 0.0455. The minimum Gasteiger partial charge on any atom is -0.350 e. The topological polar surface area (TPSA) is 44.9 Å². The lowest BCUT2D eigenvalue weighted by Crippen LogP contribution is -2.23. The van der Waals surface area contributed by atoms with Gasteiger partial charge in [0, 0.05) is 23.0 Å². The van der Waals surface area contributed by atoms with Crippen molar-refractivity contribution in [2.75, 3.05) is 0 Å². The highest BCUT2D eigenvalue weighted by atomic mass is 19.2. The fourth-order valence-corrected chi connectivity index (χ4v) is 3.16. The smallest absolute Gasteiger partial charge is 0.268 e. The number of amides is 1. The molecule has 1 heterocycles. The van der Waals surface area contributed by atoms with Gasteiger partial charge in [0.2, 0.25) is 0 Å². The number of rotatable bonds is 4. The summed E-state index contributed by atoms with van der Waals surface area (Å²) in [5, 5.41) is 3.28. The number of fused-ring (bicyclic) bond motifs is 1. The molecule has 0 atom stereocenters. The van der Waals surface area contributed by atoms with Crippen molar-refractivity contribution in [3.8, 4) is 11.1 Å². The number of aromatic nitrogens is 1. The first kappa shape index (κ1) is 17.9. The molecule has 2 N–H and O–H groups in total. The quantitative estimate of drug-likeness (QED) is 0.503. The molecule has 0 unspecified atom stereocenters. The maximum absolute atomic E-state index is 13.8. The van der Waals surface area contributed by atoms with Crippen molar-refractivity contribution in [1.82, 2.24) is 10.3 Å². The second-order valence-corrected chi connectivity index (χ2v) is 6.36. The zero-order chi connectivity index (χ0) is 19.7. The first-order valence-electron chi connectivity index (χ1n) is 8.61. The summed E-state index contributed by atoms with van der Waals surface area (Å²) in [7, 11) is 0. The van der Waals surface area contributed by atoms with E-state index < -0.39 is 23.4 Å². The second kappa shape index (κ2) is 7.23. The molecule has 3 aromatic carbocycles. The zero-order valence-electron chi connectivity index (χ0n) is 14.6. The van der Waals surface area contributed by atoms with Crippen molar-refractivity contribution in [1.29, 1.82) is 0 Å². The average molecular weight is 380 g/mol. The Balaban J connectivity index is 1.71. The van der Waals surface area contributed by atoms with Crippen molar-refractivity contribution in [3.05, 3.63) is 95.4 Å². The van der Waals surface area contributed by atoms with Crippen LogP contribution in [0.25, 0.3) is 22.0 Å². The van der Waals surface area contributed by atoms with Gasteiger partial charge in [-0.3, -0.25) is 4.79 Å². The van der Waals surface area contributed by atoms with E-state index in [-0.39, 0.29) is 12.2 Å². The van der Waals surface area contributed by atoms with Gasteiger partial charge in [0.15, 0.2) is 11.6 Å². The lowest BCUT2D eigenvalue weighted by atomic mass is 10.0. The van der Waals surface area contributed by atoms with Crippen LogP contribution in [0.1, 0.15) is 16.1 Å². The number of benzene rings is 3. The van der Waals surface area contributed by atoms with Gasteiger partial charge < -0.3 is 10.3 Å². The SMILES string of the molecule is O=C(NCc1ccc(F)c(F)c1)c1[nH]c2ccc(F)cc2c1-c1ccccc1. The molecule has 0 saturated heterocycles. The molecule has 0 fully saturated rings. The van der Waals surface area contributed by atoms with Crippen molar-refractivity contribution in [3.63, 3.8) is 0 Å². The van der Waals surface area contributed by atoms with E-state index >= 15 is 0 Å². The molecule has 4 aromatic rings. The molecule has 0 saturated carbocycles. The van der Waals surface area contributed by atoms with Gasteiger partial charge in [-0.1, -0.05) is 36.4 Å². The molecule has 0 bridgehead atoms. The van der Waals surface area contributed by atoms with E-state index in [2.05, 4.69) is 10.3 Å². The van der Waals surface area contributed by atoms with E-state index in [1.54, 1.807) is 6.07 Å². The Bertz CT molecular complexity index is 1170. The van der Waals surface area contributed by atoms with Crippen molar-refractivity contribution >= 4 is 16.8 Å². The van der Waals surface area contributed by atoms with Gasteiger partial charge in [-0.05, 0) is 41.5 Å². The van der Waals surface area contributed by atoms with Gasteiger partial charge in [-0.2, -0.15) is 0 Å². The largest absolute Gasteiger partial charge is 0.350 e. The van der Waals surface area contributed by atoms with E-state index in [0.717, 1.165) is 17.7 Å². The van der Waals surface area contributed by atoms with E-state index in [9.17, 15) is 18.0 Å².